The first kappa shape index (κ1) is 19.1. The first-order chi connectivity index (χ1) is 12.5. The van der Waals surface area contributed by atoms with E-state index in [0.717, 1.165) is 5.56 Å². The number of nitrogens with one attached hydrogen (secondary N) is 2. The van der Waals surface area contributed by atoms with Crippen molar-refractivity contribution in [1.29, 1.82) is 0 Å². The molecule has 2 aromatic carbocycles. The van der Waals surface area contributed by atoms with Crippen molar-refractivity contribution in [2.75, 3.05) is 6.54 Å². The number of benzene rings is 2. The second kappa shape index (κ2) is 9.28. The molecule has 2 amide bonds. The summed E-state index contributed by atoms with van der Waals surface area (Å²) in [6, 6.07) is 12.8. The monoisotopic (exact) mass is 374 g/mol. The minimum absolute atomic E-state index is 0.115. The van der Waals surface area contributed by atoms with Gasteiger partial charge in [-0.05, 0) is 23.8 Å². The molecule has 9 heteroatoms. The molecule has 0 radical (unpaired) electrons. The van der Waals surface area contributed by atoms with Crippen molar-refractivity contribution >= 4 is 35.3 Å². The van der Waals surface area contributed by atoms with Crippen molar-refractivity contribution in [3.63, 3.8) is 0 Å². The number of nitro groups is 1. The maximum atomic E-state index is 11.8. The van der Waals surface area contributed by atoms with Crippen molar-refractivity contribution in [3.8, 4) is 0 Å². The van der Waals surface area contributed by atoms with Crippen LogP contribution >= 0.6 is 11.6 Å². The molecule has 0 aliphatic heterocycles. The van der Waals surface area contributed by atoms with Gasteiger partial charge in [0, 0.05) is 11.1 Å². The van der Waals surface area contributed by atoms with Gasteiger partial charge >= 0.3 is 0 Å². The topological polar surface area (TPSA) is 114 Å². The van der Waals surface area contributed by atoms with Crippen LogP contribution in [0.4, 0.5) is 5.69 Å². The van der Waals surface area contributed by atoms with E-state index in [-0.39, 0.29) is 30.1 Å². The van der Waals surface area contributed by atoms with Crippen LogP contribution in [-0.2, 0) is 16.0 Å². The van der Waals surface area contributed by atoms with E-state index in [2.05, 4.69) is 15.8 Å². The highest BCUT2D eigenvalue weighted by molar-refractivity contribution is 6.30. The highest BCUT2D eigenvalue weighted by Gasteiger charge is 2.10. The van der Waals surface area contributed by atoms with Gasteiger partial charge in [0.1, 0.15) is 0 Å². The van der Waals surface area contributed by atoms with Crippen molar-refractivity contribution < 1.29 is 14.5 Å². The molecule has 2 aromatic rings. The molecule has 2 rings (SSSR count). The molecule has 0 atom stereocenters. The van der Waals surface area contributed by atoms with E-state index in [1.165, 1.54) is 24.4 Å². The number of rotatable bonds is 7. The lowest BCUT2D eigenvalue weighted by atomic mass is 10.1. The van der Waals surface area contributed by atoms with Gasteiger partial charge in [-0.15, -0.1) is 0 Å². The normalized spacial score (nSPS) is 10.5. The Morgan fingerprint density at radius 1 is 1.12 bits per heavy atom. The third kappa shape index (κ3) is 5.99. The van der Waals surface area contributed by atoms with E-state index in [4.69, 9.17) is 11.6 Å². The number of carbonyl (C=O) groups is 2. The predicted octanol–water partition coefficient (Wildman–Crippen LogP) is 2.06. The number of hydrogen-bond acceptors (Lipinski definition) is 5. The van der Waals surface area contributed by atoms with Gasteiger partial charge in [-0.1, -0.05) is 35.9 Å². The van der Waals surface area contributed by atoms with Gasteiger partial charge in [-0.3, -0.25) is 19.7 Å². The lowest BCUT2D eigenvalue weighted by molar-refractivity contribution is -0.385. The number of para-hydroxylation sites is 1. The second-order valence-electron chi connectivity index (χ2n) is 5.19. The van der Waals surface area contributed by atoms with Crippen molar-refractivity contribution in [2.45, 2.75) is 6.42 Å². The smallest absolute Gasteiger partial charge is 0.278 e. The summed E-state index contributed by atoms with van der Waals surface area (Å²) in [6.45, 7) is -0.263. The Balaban J connectivity index is 1.79. The summed E-state index contributed by atoms with van der Waals surface area (Å²) in [7, 11) is 0. The molecule has 134 valence electrons. The number of hydrogen-bond donors (Lipinski definition) is 2. The summed E-state index contributed by atoms with van der Waals surface area (Å²) in [6.07, 6.45) is 1.29. The average Bonchev–Trinajstić information content (AvgIpc) is 2.62. The summed E-state index contributed by atoms with van der Waals surface area (Å²) in [5, 5.41) is 17.6. The fourth-order valence-corrected chi connectivity index (χ4v) is 2.13. The molecule has 26 heavy (non-hydrogen) atoms. The molecule has 0 unspecified atom stereocenters. The van der Waals surface area contributed by atoms with Crippen LogP contribution in [0.2, 0.25) is 5.02 Å². The Hall–Kier alpha value is -3.26. The second-order valence-corrected chi connectivity index (χ2v) is 5.63. The number of halogens is 1. The van der Waals surface area contributed by atoms with Gasteiger partial charge in [-0.2, -0.15) is 5.10 Å². The number of nitro benzene ring substituents is 1. The van der Waals surface area contributed by atoms with Gasteiger partial charge in [0.15, 0.2) is 0 Å². The molecule has 0 heterocycles. The van der Waals surface area contributed by atoms with Gasteiger partial charge in [0.05, 0.1) is 29.7 Å². The minimum atomic E-state index is -0.552. The summed E-state index contributed by atoms with van der Waals surface area (Å²) in [5.41, 5.74) is 3.10. The first-order valence-electron chi connectivity index (χ1n) is 7.52. The van der Waals surface area contributed by atoms with E-state index in [1.54, 1.807) is 30.3 Å². The molecule has 0 spiro atoms. The quantitative estimate of drug-likeness (QED) is 0.438. The Labute approximate surface area is 154 Å². The molecule has 0 aliphatic rings. The number of nitrogens with zero attached hydrogens (tertiary/aromatic N) is 2. The Morgan fingerprint density at radius 2 is 1.81 bits per heavy atom. The van der Waals surface area contributed by atoms with Crippen molar-refractivity contribution in [3.05, 3.63) is 74.8 Å². The third-order valence-electron chi connectivity index (χ3n) is 3.25. The zero-order valence-corrected chi connectivity index (χ0v) is 14.3. The van der Waals surface area contributed by atoms with E-state index in [9.17, 15) is 19.7 Å². The van der Waals surface area contributed by atoms with E-state index in [0.29, 0.717) is 5.02 Å². The average molecular weight is 375 g/mol. The van der Waals surface area contributed by atoms with Crippen molar-refractivity contribution in [2.24, 2.45) is 5.10 Å². The Morgan fingerprint density at radius 3 is 2.50 bits per heavy atom. The van der Waals surface area contributed by atoms with Crippen LogP contribution in [0.25, 0.3) is 0 Å². The molecule has 0 bridgehead atoms. The molecular formula is C17H15ClN4O4. The van der Waals surface area contributed by atoms with Crippen LogP contribution < -0.4 is 10.7 Å². The van der Waals surface area contributed by atoms with E-state index in [1.807, 2.05) is 0 Å². The lowest BCUT2D eigenvalue weighted by Gasteiger charge is -2.04. The zero-order valence-electron chi connectivity index (χ0n) is 13.5. The molecule has 0 aliphatic carbocycles. The zero-order chi connectivity index (χ0) is 18.9. The first-order valence-corrected chi connectivity index (χ1v) is 7.90. The maximum Gasteiger partial charge on any atom is 0.278 e. The minimum Gasteiger partial charge on any atom is -0.347 e. The lowest BCUT2D eigenvalue weighted by Crippen LogP contribution is -2.35. The largest absolute Gasteiger partial charge is 0.347 e. The molecule has 0 saturated carbocycles. The van der Waals surface area contributed by atoms with E-state index < -0.39 is 10.8 Å². The predicted molar refractivity (Wildman–Crippen MR) is 97.0 cm³/mol. The maximum absolute atomic E-state index is 11.8. The number of hydrazone groups is 1. The van der Waals surface area contributed by atoms with Crippen LogP contribution in [0.5, 0.6) is 0 Å². The standard InChI is InChI=1S/C17H15ClN4O4/c18-14-7-5-12(6-8-14)9-16(23)19-11-17(24)21-20-10-13-3-1-2-4-15(13)22(25)26/h1-8,10H,9,11H2,(H,19,23)(H,21,24)/b20-10+. The molecule has 8 nitrogen and oxygen atoms in total. The summed E-state index contributed by atoms with van der Waals surface area (Å²) < 4.78 is 0. The van der Waals surface area contributed by atoms with Crippen LogP contribution in [0.3, 0.4) is 0 Å². The van der Waals surface area contributed by atoms with Crippen molar-refractivity contribution in [1.82, 2.24) is 10.7 Å². The van der Waals surface area contributed by atoms with Gasteiger partial charge in [0.2, 0.25) is 5.91 Å². The van der Waals surface area contributed by atoms with E-state index >= 15 is 0 Å². The third-order valence-corrected chi connectivity index (χ3v) is 3.50. The molecule has 2 N–H and O–H groups in total. The summed E-state index contributed by atoms with van der Waals surface area (Å²) in [4.78, 5) is 33.8. The van der Waals surface area contributed by atoms with Gasteiger partial charge in [0.25, 0.3) is 11.6 Å². The van der Waals surface area contributed by atoms with Gasteiger partial charge in [-0.25, -0.2) is 5.43 Å². The van der Waals surface area contributed by atoms with Crippen LogP contribution in [0.1, 0.15) is 11.1 Å². The number of amides is 2. The fraction of sp³-hybridized carbons (Fsp3) is 0.118. The molecule has 0 saturated heterocycles. The van der Waals surface area contributed by atoms with Crippen LogP contribution in [0, 0.1) is 10.1 Å². The SMILES string of the molecule is O=C(Cc1ccc(Cl)cc1)NCC(=O)N/N=C/c1ccccc1[N+](=O)[O-]. The highest BCUT2D eigenvalue weighted by Crippen LogP contribution is 2.15. The number of carbonyl (C=O) groups excluding carboxylic acids is 2. The Bertz CT molecular complexity index is 837. The highest BCUT2D eigenvalue weighted by atomic mass is 35.5. The summed E-state index contributed by atoms with van der Waals surface area (Å²) >= 11 is 5.77. The molecular weight excluding hydrogens is 360 g/mol. The van der Waals surface area contributed by atoms with Crippen LogP contribution in [-0.4, -0.2) is 29.5 Å². The van der Waals surface area contributed by atoms with Crippen LogP contribution in [0.15, 0.2) is 53.6 Å². The molecule has 0 aromatic heterocycles. The Kier molecular flexibility index (Phi) is 6.81. The summed E-state index contributed by atoms with van der Waals surface area (Å²) in [5.74, 6) is -0.880. The fourth-order valence-electron chi connectivity index (χ4n) is 2.01. The molecule has 0 fully saturated rings. The van der Waals surface area contributed by atoms with Gasteiger partial charge < -0.3 is 5.32 Å².